The van der Waals surface area contributed by atoms with Crippen LogP contribution in [0.1, 0.15) is 75.3 Å². The number of nitrogens with one attached hydrogen (secondary N) is 5. The van der Waals surface area contributed by atoms with Gasteiger partial charge in [-0.15, -0.1) is 0 Å². The molecule has 8 atom stereocenters. The van der Waals surface area contributed by atoms with Crippen molar-refractivity contribution < 1.29 is 93.7 Å². The van der Waals surface area contributed by atoms with Crippen LogP contribution >= 0.6 is 23.2 Å². The van der Waals surface area contributed by atoms with Crippen molar-refractivity contribution in [2.75, 3.05) is 0 Å². The van der Waals surface area contributed by atoms with Crippen LogP contribution in [-0.4, -0.2) is 99.5 Å². The quantitative estimate of drug-likeness (QED) is 0.109. The number of amides is 5. The SMILES string of the molecule is NC1C(=O)NC2Cc3ccc(c(Cl)c3)Oc3cc4cc(c3O)Oc3ccc(cc3Cl)C(O)C(C(=O)O)NC(=O)C(c3ccc(O)c(-c5c(O)cc(O)cc5[C@@H](N)C(=O)O)c3)NC(=O)C4NC(=O)C(NC2=O)c2cc(O)cc(c2)Oc2cc1ccc2O. The summed E-state index contributed by atoms with van der Waals surface area (Å²) in [6, 6.07) is 7.34. The Labute approximate surface area is 493 Å². The minimum absolute atomic E-state index is 0.104. The Morgan fingerprint density at radius 1 is 0.523 bits per heavy atom. The first-order chi connectivity index (χ1) is 40.8. The highest BCUT2D eigenvalue weighted by Crippen LogP contribution is 2.48. The molecule has 7 unspecified atom stereocenters. The Hall–Kier alpha value is -10.5. The number of fused-ring (bicyclic) bond motifs is 15. The normalized spacial score (nSPS) is 20.8. The predicted molar refractivity (Wildman–Crippen MR) is 299 cm³/mol. The van der Waals surface area contributed by atoms with Gasteiger partial charge in [-0.05, 0) is 118 Å². The van der Waals surface area contributed by atoms with E-state index in [9.17, 15) is 65.1 Å². The fourth-order valence-corrected chi connectivity index (χ4v) is 10.3. The van der Waals surface area contributed by atoms with E-state index in [1.807, 2.05) is 0 Å². The number of carbonyl (C=O) groups excluding carboxylic acids is 5. The molecular weight excluding hydrogens is 1170 g/mol. The molecule has 0 spiro atoms. The summed E-state index contributed by atoms with van der Waals surface area (Å²) in [5.41, 5.74) is 10.1. The van der Waals surface area contributed by atoms with E-state index >= 15 is 14.4 Å². The van der Waals surface area contributed by atoms with Gasteiger partial charge in [-0.1, -0.05) is 47.5 Å². The van der Waals surface area contributed by atoms with Crippen molar-refractivity contribution in [3.8, 4) is 80.1 Å². The minimum Gasteiger partial charge on any atom is -0.508 e. The molecule has 5 aliphatic rings. The zero-order valence-electron chi connectivity index (χ0n) is 43.8. The maximum atomic E-state index is 15.7. The molecule has 442 valence electrons. The number of carboxylic acid groups (broad SMARTS) is 2. The van der Waals surface area contributed by atoms with E-state index in [0.717, 1.165) is 66.7 Å². The molecule has 0 aliphatic carbocycles. The maximum absolute atomic E-state index is 15.7. The lowest BCUT2D eigenvalue weighted by atomic mass is 9.90. The van der Waals surface area contributed by atoms with Gasteiger partial charge in [0.15, 0.2) is 29.0 Å². The Kier molecular flexibility index (Phi) is 15.9. The van der Waals surface area contributed by atoms with Crippen molar-refractivity contribution in [3.05, 3.63) is 164 Å². The Morgan fingerprint density at radius 3 is 1.72 bits per heavy atom. The van der Waals surface area contributed by atoms with Crippen molar-refractivity contribution in [1.29, 1.82) is 0 Å². The largest absolute Gasteiger partial charge is 0.508 e. The molecule has 7 aromatic carbocycles. The van der Waals surface area contributed by atoms with Crippen LogP contribution in [-0.2, 0) is 40.0 Å². The number of aliphatic carboxylic acids is 2. The molecule has 0 fully saturated rings. The standard InChI is InChI=1S/C58H47Cl2N7O19/c59-32-9-21-1-7-38(32)85-41-16-26-17-42(51(41)74)86-39-8-4-24(14-33(39)60)50(73)49(58(82)83)67-54(77)46(23-3-5-35(70)30(13-23)43-31(45(62)57(80)81)19-28(69)20-37(43)72)65-56(79)48(26)66-55(78)47-25-11-27(68)18-29(12-25)84-40-15-22(2-6-36(40)71)44(61)53(76)63-34(10-21)52(75)64-47/h1-9,11-20,34,44-50,68-74H,10,61-62H2,(H,63,76)(H,64,75)(H,65,79)(H,66,78)(H,67,77)(H,80,81)(H,82,83)/t34?,44?,45-,46?,47?,48?,49?,50?/m1/s1. The Bertz CT molecular complexity index is 4020. The third-order valence-electron chi connectivity index (χ3n) is 14.2. The number of halogens is 2. The average molecular weight is 1220 g/mol. The Balaban J connectivity index is 1.20. The summed E-state index contributed by atoms with van der Waals surface area (Å²) in [6.07, 6.45) is -2.50. The molecule has 26 nitrogen and oxygen atoms in total. The van der Waals surface area contributed by atoms with Crippen LogP contribution in [0.15, 0.2) is 115 Å². The molecular formula is C58H47Cl2N7O19. The van der Waals surface area contributed by atoms with Gasteiger partial charge < -0.3 is 98.2 Å². The lowest BCUT2D eigenvalue weighted by Gasteiger charge is -2.29. The second-order valence-electron chi connectivity index (χ2n) is 20.0. The molecule has 5 heterocycles. The van der Waals surface area contributed by atoms with Crippen LogP contribution < -0.4 is 52.3 Å². The van der Waals surface area contributed by atoms with Gasteiger partial charge >= 0.3 is 11.9 Å². The van der Waals surface area contributed by atoms with E-state index in [4.69, 9.17) is 48.9 Å². The summed E-state index contributed by atoms with van der Waals surface area (Å²) in [4.78, 5) is 100. The number of hydrogen-bond acceptors (Lipinski definition) is 19. The van der Waals surface area contributed by atoms with Gasteiger partial charge in [-0.25, -0.2) is 4.79 Å². The topological polar surface area (TPSA) is 441 Å². The van der Waals surface area contributed by atoms with E-state index in [1.54, 1.807) is 0 Å². The number of rotatable bonds is 5. The molecule has 0 saturated carbocycles. The van der Waals surface area contributed by atoms with Crippen LogP contribution in [0.2, 0.25) is 10.0 Å². The lowest BCUT2D eigenvalue weighted by Crippen LogP contribution is -2.54. The number of aliphatic hydroxyl groups is 1. The van der Waals surface area contributed by atoms with Crippen LogP contribution in [0.25, 0.3) is 11.1 Å². The molecule has 5 aliphatic heterocycles. The number of nitrogens with two attached hydrogens (primary N) is 2. The van der Waals surface area contributed by atoms with Gasteiger partial charge in [0.05, 0.1) is 10.0 Å². The van der Waals surface area contributed by atoms with Gasteiger partial charge in [-0.3, -0.25) is 28.8 Å². The van der Waals surface area contributed by atoms with Gasteiger partial charge in [0.2, 0.25) is 35.3 Å². The van der Waals surface area contributed by atoms with Crippen LogP contribution in [0, 0.1) is 0 Å². The summed E-state index contributed by atoms with van der Waals surface area (Å²) in [5, 5.41) is 111. The van der Waals surface area contributed by atoms with E-state index < -0.39 is 158 Å². The van der Waals surface area contributed by atoms with Crippen LogP contribution in [0.3, 0.4) is 0 Å². The predicted octanol–water partition coefficient (Wildman–Crippen LogP) is 4.90. The first-order valence-corrected chi connectivity index (χ1v) is 26.3. The molecule has 18 N–H and O–H groups in total. The van der Waals surface area contributed by atoms with E-state index in [0.29, 0.717) is 5.56 Å². The lowest BCUT2D eigenvalue weighted by molar-refractivity contribution is -0.146. The molecule has 0 aromatic heterocycles. The number of carboxylic acids is 2. The summed E-state index contributed by atoms with van der Waals surface area (Å²) < 4.78 is 18.3. The molecule has 28 heteroatoms. The highest BCUT2D eigenvalue weighted by molar-refractivity contribution is 6.32. The molecule has 12 rings (SSSR count). The summed E-state index contributed by atoms with van der Waals surface area (Å²) in [6.45, 7) is 0. The summed E-state index contributed by atoms with van der Waals surface area (Å²) in [7, 11) is 0. The first-order valence-electron chi connectivity index (χ1n) is 25.5. The number of phenolic OH excluding ortho intramolecular Hbond substituents is 6. The second-order valence-corrected chi connectivity index (χ2v) is 20.8. The van der Waals surface area contributed by atoms with Crippen molar-refractivity contribution in [3.63, 3.8) is 0 Å². The average Bonchev–Trinajstić information content (AvgIpc) is 1.09. The van der Waals surface area contributed by atoms with E-state index in [2.05, 4.69) is 26.6 Å². The number of phenols is 6. The zero-order valence-corrected chi connectivity index (χ0v) is 45.3. The van der Waals surface area contributed by atoms with Crippen LogP contribution in [0.4, 0.5) is 0 Å². The fourth-order valence-electron chi connectivity index (χ4n) is 9.86. The van der Waals surface area contributed by atoms with Gasteiger partial charge in [-0.2, -0.15) is 0 Å². The fraction of sp³-hybridized carbons (Fsp3) is 0.155. The van der Waals surface area contributed by atoms with Crippen LogP contribution in [0.5, 0.6) is 69.0 Å². The number of ether oxygens (including phenoxy) is 3. The van der Waals surface area contributed by atoms with E-state index in [1.165, 1.54) is 48.5 Å². The third kappa shape index (κ3) is 11.7. The van der Waals surface area contributed by atoms with Gasteiger partial charge in [0.1, 0.15) is 82.6 Å². The first kappa shape index (κ1) is 58.7. The smallest absolute Gasteiger partial charge is 0.329 e. The van der Waals surface area contributed by atoms with Gasteiger partial charge in [0.25, 0.3) is 0 Å². The molecule has 86 heavy (non-hydrogen) atoms. The van der Waals surface area contributed by atoms with Crippen molar-refractivity contribution >= 4 is 64.7 Å². The zero-order chi connectivity index (χ0) is 61.7. The van der Waals surface area contributed by atoms with Crippen molar-refractivity contribution in [2.24, 2.45) is 11.5 Å². The van der Waals surface area contributed by atoms with Crippen molar-refractivity contribution in [1.82, 2.24) is 26.6 Å². The van der Waals surface area contributed by atoms with Gasteiger partial charge in [0, 0.05) is 29.7 Å². The number of benzene rings is 7. The summed E-state index contributed by atoms with van der Waals surface area (Å²) >= 11 is 13.5. The number of hydrogen-bond donors (Lipinski definition) is 16. The molecule has 13 bridgehead atoms. The second kappa shape index (κ2) is 23.3. The number of aromatic hydroxyl groups is 6. The molecule has 7 aromatic rings. The monoisotopic (exact) mass is 1220 g/mol. The highest BCUT2D eigenvalue weighted by atomic mass is 35.5. The molecule has 0 saturated heterocycles. The number of carbonyl (C=O) groups is 7. The number of aliphatic hydroxyl groups excluding tert-OH is 1. The highest BCUT2D eigenvalue weighted by Gasteiger charge is 2.39. The molecule has 0 radical (unpaired) electrons. The minimum atomic E-state index is -2.28. The third-order valence-corrected chi connectivity index (χ3v) is 14.8. The van der Waals surface area contributed by atoms with Crippen molar-refractivity contribution in [2.45, 2.75) is 54.8 Å². The Morgan fingerprint density at radius 2 is 1.08 bits per heavy atom. The maximum Gasteiger partial charge on any atom is 0.329 e. The van der Waals surface area contributed by atoms with E-state index in [-0.39, 0.29) is 61.7 Å². The molecule has 5 amide bonds. The summed E-state index contributed by atoms with van der Waals surface area (Å²) in [5.74, 6) is -15.8.